The normalized spacial score (nSPS) is 20.8. The van der Waals surface area contributed by atoms with Crippen LogP contribution in [0.3, 0.4) is 0 Å². The van der Waals surface area contributed by atoms with Gasteiger partial charge in [0.05, 0.1) is 4.90 Å². The SMILES string of the molecule is CS(=O)(=O)c1ccc(CNC2CCCNC2)cc1. The summed E-state index contributed by atoms with van der Waals surface area (Å²) in [5, 5.41) is 6.84. The molecule has 1 unspecified atom stereocenters. The van der Waals surface area contributed by atoms with Gasteiger partial charge in [0.2, 0.25) is 0 Å². The molecule has 1 aliphatic rings. The van der Waals surface area contributed by atoms with E-state index < -0.39 is 9.84 Å². The smallest absolute Gasteiger partial charge is 0.175 e. The van der Waals surface area contributed by atoms with Gasteiger partial charge in [0.25, 0.3) is 0 Å². The molecule has 1 aromatic rings. The molecule has 0 radical (unpaired) electrons. The van der Waals surface area contributed by atoms with Crippen LogP contribution < -0.4 is 10.6 Å². The minimum Gasteiger partial charge on any atom is -0.315 e. The Bertz CT molecular complexity index is 476. The Hall–Kier alpha value is -0.910. The van der Waals surface area contributed by atoms with E-state index in [1.807, 2.05) is 12.1 Å². The van der Waals surface area contributed by atoms with E-state index in [2.05, 4.69) is 10.6 Å². The molecule has 1 aromatic carbocycles. The van der Waals surface area contributed by atoms with Gasteiger partial charge in [0.15, 0.2) is 9.84 Å². The lowest BCUT2D eigenvalue weighted by molar-refractivity contribution is 0.389. The van der Waals surface area contributed by atoms with Crippen molar-refractivity contribution < 1.29 is 8.42 Å². The molecular formula is C13H20N2O2S. The maximum absolute atomic E-state index is 11.3. The number of piperidine rings is 1. The third-order valence-electron chi connectivity index (χ3n) is 3.24. The fourth-order valence-corrected chi connectivity index (χ4v) is 2.77. The van der Waals surface area contributed by atoms with E-state index in [0.717, 1.165) is 25.2 Å². The van der Waals surface area contributed by atoms with Crippen molar-refractivity contribution in [1.82, 2.24) is 10.6 Å². The Labute approximate surface area is 109 Å². The highest BCUT2D eigenvalue weighted by molar-refractivity contribution is 7.90. The summed E-state index contributed by atoms with van der Waals surface area (Å²) in [6.45, 7) is 2.92. The zero-order valence-corrected chi connectivity index (χ0v) is 11.5. The van der Waals surface area contributed by atoms with Crippen molar-refractivity contribution in [3.8, 4) is 0 Å². The van der Waals surface area contributed by atoms with E-state index in [-0.39, 0.29) is 0 Å². The zero-order valence-electron chi connectivity index (χ0n) is 10.6. The van der Waals surface area contributed by atoms with Crippen LogP contribution in [-0.4, -0.2) is 33.8 Å². The fourth-order valence-electron chi connectivity index (χ4n) is 2.14. The van der Waals surface area contributed by atoms with Gasteiger partial charge in [-0.1, -0.05) is 12.1 Å². The molecule has 2 N–H and O–H groups in total. The Kier molecular flexibility index (Phi) is 4.37. The van der Waals surface area contributed by atoms with Gasteiger partial charge >= 0.3 is 0 Å². The zero-order chi connectivity index (χ0) is 13.0. The Morgan fingerprint density at radius 2 is 2.06 bits per heavy atom. The first-order chi connectivity index (χ1) is 8.55. The van der Waals surface area contributed by atoms with Crippen LogP contribution in [0.1, 0.15) is 18.4 Å². The van der Waals surface area contributed by atoms with Crippen LogP contribution >= 0.6 is 0 Å². The van der Waals surface area contributed by atoms with Crippen molar-refractivity contribution in [2.45, 2.75) is 30.3 Å². The predicted octanol–water partition coefficient (Wildman–Crippen LogP) is 0.932. The van der Waals surface area contributed by atoms with Gasteiger partial charge in [-0.2, -0.15) is 0 Å². The molecule has 2 rings (SSSR count). The quantitative estimate of drug-likeness (QED) is 0.853. The van der Waals surface area contributed by atoms with E-state index in [0.29, 0.717) is 10.9 Å². The number of rotatable bonds is 4. The third-order valence-corrected chi connectivity index (χ3v) is 4.37. The van der Waals surface area contributed by atoms with Crippen molar-refractivity contribution in [2.24, 2.45) is 0 Å². The van der Waals surface area contributed by atoms with E-state index in [9.17, 15) is 8.42 Å². The molecule has 0 aromatic heterocycles. The van der Waals surface area contributed by atoms with Gasteiger partial charge in [0.1, 0.15) is 0 Å². The first-order valence-electron chi connectivity index (χ1n) is 6.29. The summed E-state index contributed by atoms with van der Waals surface area (Å²) in [5.74, 6) is 0. The van der Waals surface area contributed by atoms with Crippen LogP contribution in [0.15, 0.2) is 29.2 Å². The molecule has 1 aliphatic heterocycles. The Morgan fingerprint density at radius 3 is 2.61 bits per heavy atom. The summed E-state index contributed by atoms with van der Waals surface area (Å²) in [7, 11) is -3.09. The van der Waals surface area contributed by atoms with Crippen LogP contribution in [0.5, 0.6) is 0 Å². The molecule has 4 nitrogen and oxygen atoms in total. The molecule has 18 heavy (non-hydrogen) atoms. The van der Waals surface area contributed by atoms with Crippen molar-refractivity contribution in [3.63, 3.8) is 0 Å². The highest BCUT2D eigenvalue weighted by atomic mass is 32.2. The maximum atomic E-state index is 11.3. The number of hydrogen-bond donors (Lipinski definition) is 2. The molecule has 100 valence electrons. The number of hydrogen-bond acceptors (Lipinski definition) is 4. The topological polar surface area (TPSA) is 58.2 Å². The summed E-state index contributed by atoms with van der Waals surface area (Å²) in [4.78, 5) is 0.380. The molecule has 0 aliphatic carbocycles. The van der Waals surface area contributed by atoms with Crippen LogP contribution in [-0.2, 0) is 16.4 Å². The number of benzene rings is 1. The second kappa shape index (κ2) is 5.82. The summed E-state index contributed by atoms with van der Waals surface area (Å²) < 4.78 is 22.7. The lowest BCUT2D eigenvalue weighted by atomic mass is 10.1. The van der Waals surface area contributed by atoms with Crippen molar-refractivity contribution in [2.75, 3.05) is 19.3 Å². The molecule has 1 heterocycles. The van der Waals surface area contributed by atoms with Crippen molar-refractivity contribution in [3.05, 3.63) is 29.8 Å². The fraction of sp³-hybridized carbons (Fsp3) is 0.538. The Morgan fingerprint density at radius 1 is 1.33 bits per heavy atom. The molecule has 0 bridgehead atoms. The maximum Gasteiger partial charge on any atom is 0.175 e. The highest BCUT2D eigenvalue weighted by Gasteiger charge is 2.12. The molecule has 1 atom stereocenters. The second-order valence-electron chi connectivity index (χ2n) is 4.84. The Balaban J connectivity index is 1.90. The van der Waals surface area contributed by atoms with E-state index in [4.69, 9.17) is 0 Å². The van der Waals surface area contributed by atoms with Gasteiger partial charge in [-0.3, -0.25) is 0 Å². The molecule has 1 fully saturated rings. The van der Waals surface area contributed by atoms with Gasteiger partial charge in [0, 0.05) is 25.4 Å². The van der Waals surface area contributed by atoms with Gasteiger partial charge < -0.3 is 10.6 Å². The van der Waals surface area contributed by atoms with Crippen LogP contribution in [0.2, 0.25) is 0 Å². The van der Waals surface area contributed by atoms with E-state index in [1.54, 1.807) is 12.1 Å². The van der Waals surface area contributed by atoms with Crippen molar-refractivity contribution >= 4 is 9.84 Å². The lowest BCUT2D eigenvalue weighted by Crippen LogP contribution is -2.42. The molecule has 0 spiro atoms. The monoisotopic (exact) mass is 268 g/mol. The lowest BCUT2D eigenvalue weighted by Gasteiger charge is -2.23. The minimum absolute atomic E-state index is 0.380. The number of nitrogens with one attached hydrogen (secondary N) is 2. The number of sulfone groups is 1. The molecule has 0 saturated carbocycles. The van der Waals surface area contributed by atoms with Gasteiger partial charge in [-0.15, -0.1) is 0 Å². The third kappa shape index (κ3) is 3.80. The van der Waals surface area contributed by atoms with Crippen LogP contribution in [0, 0.1) is 0 Å². The summed E-state index contributed by atoms with van der Waals surface area (Å²) in [5.41, 5.74) is 1.12. The molecule has 1 saturated heterocycles. The average Bonchev–Trinajstić information content (AvgIpc) is 2.37. The summed E-state index contributed by atoms with van der Waals surface area (Å²) in [6, 6.07) is 7.62. The predicted molar refractivity (Wildman–Crippen MR) is 72.3 cm³/mol. The standard InChI is InChI=1S/C13H20N2O2S/c1-18(16,17)13-6-4-11(5-7-13)9-15-12-3-2-8-14-10-12/h4-7,12,14-15H,2-3,8-10H2,1H3. The molecular weight excluding hydrogens is 248 g/mol. The largest absolute Gasteiger partial charge is 0.315 e. The first kappa shape index (κ1) is 13.5. The van der Waals surface area contributed by atoms with E-state index >= 15 is 0 Å². The summed E-state index contributed by atoms with van der Waals surface area (Å²) >= 11 is 0. The molecule has 0 amide bonds. The molecule has 5 heteroatoms. The van der Waals surface area contributed by atoms with Gasteiger partial charge in [-0.25, -0.2) is 8.42 Å². The van der Waals surface area contributed by atoms with E-state index in [1.165, 1.54) is 19.1 Å². The van der Waals surface area contributed by atoms with Gasteiger partial charge in [-0.05, 0) is 37.1 Å². The first-order valence-corrected chi connectivity index (χ1v) is 8.18. The van der Waals surface area contributed by atoms with Crippen LogP contribution in [0.4, 0.5) is 0 Å². The summed E-state index contributed by atoms with van der Waals surface area (Å²) in [6.07, 6.45) is 3.65. The van der Waals surface area contributed by atoms with Crippen LogP contribution in [0.25, 0.3) is 0 Å². The highest BCUT2D eigenvalue weighted by Crippen LogP contribution is 2.11. The van der Waals surface area contributed by atoms with Crippen molar-refractivity contribution in [1.29, 1.82) is 0 Å². The average molecular weight is 268 g/mol. The minimum atomic E-state index is -3.09. The second-order valence-corrected chi connectivity index (χ2v) is 6.86.